The van der Waals surface area contributed by atoms with Crippen molar-refractivity contribution in [1.29, 1.82) is 0 Å². The number of aromatic nitrogens is 2. The largest absolute Gasteiger partial charge is 0.338 e. The maximum atomic E-state index is 12.9. The first-order chi connectivity index (χ1) is 15.6. The fraction of sp³-hybridized carbons (Fsp3) is 0.296. The predicted molar refractivity (Wildman–Crippen MR) is 127 cm³/mol. The molecule has 1 aliphatic carbocycles. The van der Waals surface area contributed by atoms with Crippen LogP contribution in [-0.2, 0) is 29.5 Å². The Balaban J connectivity index is 1.48. The second kappa shape index (κ2) is 8.51. The molecule has 4 nitrogen and oxygen atoms in total. The van der Waals surface area contributed by atoms with Gasteiger partial charge in [-0.1, -0.05) is 41.4 Å². The summed E-state index contributed by atoms with van der Waals surface area (Å²) in [7, 11) is 0. The van der Waals surface area contributed by atoms with Gasteiger partial charge in [0.25, 0.3) is 0 Å². The Morgan fingerprint density at radius 3 is 2.72 bits per heavy atom. The van der Waals surface area contributed by atoms with Crippen LogP contribution in [0.4, 0.5) is 0 Å². The van der Waals surface area contributed by atoms with Gasteiger partial charge in [0.05, 0.1) is 17.5 Å². The fourth-order valence-corrected chi connectivity index (χ4v) is 5.40. The second-order valence-electron chi connectivity index (χ2n) is 8.79. The summed E-state index contributed by atoms with van der Waals surface area (Å²) in [5.74, 6) is 0.144. The molecule has 0 spiro atoms. The minimum absolute atomic E-state index is 0.144. The molecule has 3 aromatic rings. The van der Waals surface area contributed by atoms with E-state index in [1.54, 1.807) is 12.4 Å². The van der Waals surface area contributed by atoms with E-state index in [-0.39, 0.29) is 11.3 Å². The molecule has 1 atom stereocenters. The van der Waals surface area contributed by atoms with Gasteiger partial charge >= 0.3 is 0 Å². The smallest absolute Gasteiger partial charge is 0.227 e. The molecule has 162 valence electrons. The lowest BCUT2D eigenvalue weighted by atomic mass is 9.69. The lowest BCUT2D eigenvalue weighted by Crippen LogP contribution is -2.40. The van der Waals surface area contributed by atoms with Gasteiger partial charge in [-0.2, -0.15) is 0 Å². The van der Waals surface area contributed by atoms with Crippen molar-refractivity contribution in [1.82, 2.24) is 14.9 Å². The highest BCUT2D eigenvalue weighted by atomic mass is 35.5. The summed E-state index contributed by atoms with van der Waals surface area (Å²) >= 11 is 6.36. The molecular weight excluding hydrogens is 418 g/mol. The quantitative estimate of drug-likeness (QED) is 0.539. The predicted octanol–water partition coefficient (Wildman–Crippen LogP) is 4.94. The number of halogens is 1. The third-order valence-corrected chi connectivity index (χ3v) is 7.15. The van der Waals surface area contributed by atoms with Crippen molar-refractivity contribution in [3.8, 4) is 0 Å². The lowest BCUT2D eigenvalue weighted by molar-refractivity contribution is -0.130. The molecule has 0 radical (unpaired) electrons. The highest BCUT2D eigenvalue weighted by Crippen LogP contribution is 2.45. The molecule has 2 aliphatic rings. The summed E-state index contributed by atoms with van der Waals surface area (Å²) in [5.41, 5.74) is 6.93. The average Bonchev–Trinajstić information content (AvgIpc) is 2.95. The molecule has 3 heterocycles. The maximum Gasteiger partial charge on any atom is 0.227 e. The van der Waals surface area contributed by atoms with Crippen molar-refractivity contribution in [3.05, 3.63) is 106 Å². The number of aryl methyl sites for hydroxylation is 2. The van der Waals surface area contributed by atoms with Crippen molar-refractivity contribution >= 4 is 17.5 Å². The fourth-order valence-electron chi connectivity index (χ4n) is 5.21. The Morgan fingerprint density at radius 2 is 1.94 bits per heavy atom. The average molecular weight is 444 g/mol. The first-order valence-electron chi connectivity index (χ1n) is 11.1. The van der Waals surface area contributed by atoms with Crippen LogP contribution in [0.25, 0.3) is 0 Å². The minimum Gasteiger partial charge on any atom is -0.338 e. The maximum absolute atomic E-state index is 12.9. The Morgan fingerprint density at radius 1 is 1.09 bits per heavy atom. The van der Waals surface area contributed by atoms with E-state index in [0.717, 1.165) is 35.5 Å². The van der Waals surface area contributed by atoms with E-state index < -0.39 is 0 Å². The van der Waals surface area contributed by atoms with Crippen LogP contribution in [0, 0.1) is 0 Å². The zero-order valence-corrected chi connectivity index (χ0v) is 19.0. The first-order valence-corrected chi connectivity index (χ1v) is 11.5. The Kier molecular flexibility index (Phi) is 5.56. The normalized spacial score (nSPS) is 20.1. The molecule has 5 rings (SSSR count). The van der Waals surface area contributed by atoms with Gasteiger partial charge in [-0.3, -0.25) is 14.8 Å². The Bertz CT molecular complexity index is 1190. The van der Waals surface area contributed by atoms with Crippen LogP contribution in [0.15, 0.2) is 72.7 Å². The molecule has 0 N–H and O–H groups in total. The van der Waals surface area contributed by atoms with E-state index in [1.165, 1.54) is 22.3 Å². The summed E-state index contributed by atoms with van der Waals surface area (Å²) < 4.78 is 0. The van der Waals surface area contributed by atoms with Crippen LogP contribution in [0.2, 0.25) is 5.02 Å². The molecule has 1 aromatic carbocycles. The van der Waals surface area contributed by atoms with Gasteiger partial charge in [0.15, 0.2) is 0 Å². The molecule has 1 amide bonds. The van der Waals surface area contributed by atoms with E-state index >= 15 is 0 Å². The summed E-state index contributed by atoms with van der Waals surface area (Å²) in [5, 5.41) is 0.773. The summed E-state index contributed by atoms with van der Waals surface area (Å²) in [6.45, 7) is 3.62. The van der Waals surface area contributed by atoms with Gasteiger partial charge in [-0.15, -0.1) is 0 Å². The zero-order chi connectivity index (χ0) is 22.1. The van der Waals surface area contributed by atoms with Gasteiger partial charge in [-0.25, -0.2) is 0 Å². The van der Waals surface area contributed by atoms with Crippen LogP contribution < -0.4 is 0 Å². The summed E-state index contributed by atoms with van der Waals surface area (Å²) in [4.78, 5) is 23.8. The van der Waals surface area contributed by atoms with Gasteiger partial charge in [-0.05, 0) is 72.7 Å². The van der Waals surface area contributed by atoms with Crippen LogP contribution in [-0.4, -0.2) is 33.9 Å². The number of carbonyl (C=O) groups is 1. The van der Waals surface area contributed by atoms with Crippen molar-refractivity contribution in [2.24, 2.45) is 0 Å². The lowest BCUT2D eigenvalue weighted by Gasteiger charge is -2.38. The van der Waals surface area contributed by atoms with Crippen LogP contribution in [0.5, 0.6) is 0 Å². The van der Waals surface area contributed by atoms with Gasteiger partial charge < -0.3 is 4.90 Å². The van der Waals surface area contributed by atoms with Crippen LogP contribution in [0.3, 0.4) is 0 Å². The topological polar surface area (TPSA) is 46.1 Å². The molecule has 0 bridgehead atoms. The Hall–Kier alpha value is -2.98. The molecule has 32 heavy (non-hydrogen) atoms. The number of rotatable bonds is 3. The van der Waals surface area contributed by atoms with Crippen LogP contribution >= 0.6 is 11.6 Å². The number of amides is 1. The van der Waals surface area contributed by atoms with E-state index in [2.05, 4.69) is 36.2 Å². The van der Waals surface area contributed by atoms with Gasteiger partial charge in [0, 0.05) is 36.7 Å². The molecule has 0 fully saturated rings. The standard InChI is InChI=1S/C27H26ClN3O/c1-27(22-10-14-31(15-11-22)25(32)16-19-4-2-12-29-18-19)24-9-8-23(28)17-21(24)7-6-20-5-3-13-30-26(20)27/h2-5,8-10,12-13,17-18H,6-7,11,14-16H2,1H3. The number of carbonyl (C=O) groups excluding carboxylic acids is 1. The number of hydrogen-bond donors (Lipinski definition) is 0. The van der Waals surface area contributed by atoms with Gasteiger partial charge in [0.1, 0.15) is 0 Å². The Labute approximate surface area is 194 Å². The third-order valence-electron chi connectivity index (χ3n) is 6.92. The molecular formula is C27H26ClN3O. The van der Waals surface area contributed by atoms with E-state index in [4.69, 9.17) is 16.6 Å². The van der Waals surface area contributed by atoms with Crippen molar-refractivity contribution in [3.63, 3.8) is 0 Å². The monoisotopic (exact) mass is 443 g/mol. The van der Waals surface area contributed by atoms with Gasteiger partial charge in [0.2, 0.25) is 5.91 Å². The second-order valence-corrected chi connectivity index (χ2v) is 9.23. The number of nitrogens with zero attached hydrogens (tertiary/aromatic N) is 3. The third kappa shape index (κ3) is 3.73. The van der Waals surface area contributed by atoms with E-state index in [9.17, 15) is 4.79 Å². The molecule has 1 unspecified atom stereocenters. The minimum atomic E-state index is -0.328. The molecule has 0 saturated heterocycles. The number of benzene rings is 1. The molecule has 1 aliphatic heterocycles. The highest BCUT2D eigenvalue weighted by Gasteiger charge is 2.40. The number of fused-ring (bicyclic) bond motifs is 2. The number of hydrogen-bond acceptors (Lipinski definition) is 3. The summed E-state index contributed by atoms with van der Waals surface area (Å²) in [6, 6.07) is 14.3. The molecule has 5 heteroatoms. The highest BCUT2D eigenvalue weighted by molar-refractivity contribution is 6.30. The van der Waals surface area contributed by atoms with Crippen molar-refractivity contribution < 1.29 is 4.79 Å². The summed E-state index contributed by atoms with van der Waals surface area (Å²) in [6.07, 6.45) is 10.8. The van der Waals surface area contributed by atoms with Crippen molar-refractivity contribution in [2.45, 2.75) is 38.0 Å². The SMILES string of the molecule is CC1(C2=CCN(C(=O)Cc3cccnc3)CC2)c2ccc(Cl)cc2CCc2cccnc21. The molecule has 2 aromatic heterocycles. The number of pyridine rings is 2. The van der Waals surface area contributed by atoms with Crippen LogP contribution in [0.1, 0.15) is 41.3 Å². The first kappa shape index (κ1) is 20.9. The van der Waals surface area contributed by atoms with E-state index in [1.807, 2.05) is 35.4 Å². The molecule has 0 saturated carbocycles. The van der Waals surface area contributed by atoms with Crippen molar-refractivity contribution in [2.75, 3.05) is 13.1 Å². The zero-order valence-electron chi connectivity index (χ0n) is 18.2. The van der Waals surface area contributed by atoms with E-state index in [0.29, 0.717) is 19.5 Å².